The first-order chi connectivity index (χ1) is 9.79. The predicted molar refractivity (Wildman–Crippen MR) is 80.7 cm³/mol. The Hall–Kier alpha value is -0.930. The topological polar surface area (TPSA) is 25.4 Å². The summed E-state index contributed by atoms with van der Waals surface area (Å²) >= 11 is 0. The fourth-order valence-electron chi connectivity index (χ4n) is 3.53. The van der Waals surface area contributed by atoms with Crippen LogP contribution >= 0.6 is 0 Å². The van der Waals surface area contributed by atoms with Crippen LogP contribution in [-0.2, 0) is 11.2 Å². The largest absolute Gasteiger partial charge is 0.374 e. The number of hydrogen-bond donors (Lipinski definition) is 0. The SMILES string of the molecule is C[C@H]1CC[C@@H](CN2CCC(Cc3cccnc3)CC2)O1. The van der Waals surface area contributed by atoms with E-state index in [1.165, 1.54) is 50.8 Å². The molecule has 0 bridgehead atoms. The van der Waals surface area contributed by atoms with Gasteiger partial charge in [0.25, 0.3) is 0 Å². The lowest BCUT2D eigenvalue weighted by Crippen LogP contribution is -2.39. The molecule has 110 valence electrons. The Morgan fingerprint density at radius 2 is 2.10 bits per heavy atom. The fourth-order valence-corrected chi connectivity index (χ4v) is 3.53. The number of hydrogen-bond acceptors (Lipinski definition) is 3. The van der Waals surface area contributed by atoms with Crippen molar-refractivity contribution in [2.24, 2.45) is 5.92 Å². The van der Waals surface area contributed by atoms with Gasteiger partial charge in [0.2, 0.25) is 0 Å². The highest BCUT2D eigenvalue weighted by Gasteiger charge is 2.26. The van der Waals surface area contributed by atoms with Gasteiger partial charge in [-0.3, -0.25) is 4.98 Å². The number of ether oxygens (including phenoxy) is 1. The van der Waals surface area contributed by atoms with Crippen LogP contribution in [0.15, 0.2) is 24.5 Å². The van der Waals surface area contributed by atoms with Crippen LogP contribution in [0.4, 0.5) is 0 Å². The first kappa shape index (κ1) is 14.0. The Morgan fingerprint density at radius 3 is 2.75 bits per heavy atom. The van der Waals surface area contributed by atoms with Crippen molar-refractivity contribution in [1.29, 1.82) is 0 Å². The van der Waals surface area contributed by atoms with Crippen molar-refractivity contribution in [2.75, 3.05) is 19.6 Å². The molecule has 0 aliphatic carbocycles. The minimum atomic E-state index is 0.475. The van der Waals surface area contributed by atoms with E-state index in [9.17, 15) is 0 Å². The second-order valence-corrected chi connectivity index (χ2v) is 6.46. The van der Waals surface area contributed by atoms with Gasteiger partial charge in [0, 0.05) is 18.9 Å². The third kappa shape index (κ3) is 3.80. The zero-order valence-corrected chi connectivity index (χ0v) is 12.5. The van der Waals surface area contributed by atoms with Gasteiger partial charge in [-0.05, 0) is 69.7 Å². The maximum Gasteiger partial charge on any atom is 0.0706 e. The van der Waals surface area contributed by atoms with E-state index in [-0.39, 0.29) is 0 Å². The lowest BCUT2D eigenvalue weighted by atomic mass is 9.90. The highest BCUT2D eigenvalue weighted by molar-refractivity contribution is 5.09. The summed E-state index contributed by atoms with van der Waals surface area (Å²) in [4.78, 5) is 6.81. The minimum absolute atomic E-state index is 0.475. The molecule has 2 fully saturated rings. The first-order valence-electron chi connectivity index (χ1n) is 8.06. The predicted octanol–water partition coefficient (Wildman–Crippen LogP) is 2.90. The number of rotatable bonds is 4. The van der Waals surface area contributed by atoms with Gasteiger partial charge < -0.3 is 9.64 Å². The van der Waals surface area contributed by atoms with Gasteiger partial charge >= 0.3 is 0 Å². The van der Waals surface area contributed by atoms with Crippen LogP contribution in [0.2, 0.25) is 0 Å². The lowest BCUT2D eigenvalue weighted by molar-refractivity contribution is 0.0239. The number of nitrogens with zero attached hydrogens (tertiary/aromatic N) is 2. The molecular formula is C17H26N2O. The highest BCUT2D eigenvalue weighted by Crippen LogP contribution is 2.24. The molecule has 3 nitrogen and oxygen atoms in total. The smallest absolute Gasteiger partial charge is 0.0706 e. The van der Waals surface area contributed by atoms with Gasteiger partial charge in [-0.25, -0.2) is 0 Å². The van der Waals surface area contributed by atoms with Gasteiger partial charge in [-0.15, -0.1) is 0 Å². The summed E-state index contributed by atoms with van der Waals surface area (Å²) in [5.41, 5.74) is 1.39. The van der Waals surface area contributed by atoms with E-state index in [1.807, 2.05) is 18.5 Å². The van der Waals surface area contributed by atoms with E-state index in [2.05, 4.69) is 22.9 Å². The third-order valence-corrected chi connectivity index (χ3v) is 4.74. The molecule has 3 heteroatoms. The summed E-state index contributed by atoms with van der Waals surface area (Å²) in [5, 5.41) is 0. The van der Waals surface area contributed by atoms with Crippen LogP contribution < -0.4 is 0 Å². The van der Waals surface area contributed by atoms with Crippen LogP contribution in [0.5, 0.6) is 0 Å². The Balaban J connectivity index is 1.41. The lowest BCUT2D eigenvalue weighted by Gasteiger charge is -2.33. The zero-order chi connectivity index (χ0) is 13.8. The summed E-state index contributed by atoms with van der Waals surface area (Å²) in [6.45, 7) is 5.81. The van der Waals surface area contributed by atoms with E-state index in [4.69, 9.17) is 4.74 Å². The van der Waals surface area contributed by atoms with Gasteiger partial charge in [0.1, 0.15) is 0 Å². The molecule has 3 rings (SSSR count). The molecule has 0 N–H and O–H groups in total. The molecule has 2 aliphatic rings. The van der Waals surface area contributed by atoms with E-state index in [1.54, 1.807) is 0 Å². The molecule has 1 aromatic heterocycles. The van der Waals surface area contributed by atoms with Gasteiger partial charge in [-0.1, -0.05) is 6.07 Å². The van der Waals surface area contributed by atoms with Crippen molar-refractivity contribution < 1.29 is 4.74 Å². The molecule has 0 aromatic carbocycles. The molecule has 0 radical (unpaired) electrons. The van der Waals surface area contributed by atoms with Crippen molar-refractivity contribution in [3.8, 4) is 0 Å². The number of aromatic nitrogens is 1. The van der Waals surface area contributed by atoms with Crippen molar-refractivity contribution in [3.05, 3.63) is 30.1 Å². The van der Waals surface area contributed by atoms with Crippen molar-refractivity contribution in [2.45, 2.75) is 51.2 Å². The molecule has 0 unspecified atom stereocenters. The highest BCUT2D eigenvalue weighted by atomic mass is 16.5. The zero-order valence-electron chi connectivity index (χ0n) is 12.5. The molecule has 1 aromatic rings. The third-order valence-electron chi connectivity index (χ3n) is 4.74. The number of pyridine rings is 1. The summed E-state index contributed by atoms with van der Waals surface area (Å²) in [5.74, 6) is 0.832. The van der Waals surface area contributed by atoms with Crippen molar-refractivity contribution in [3.63, 3.8) is 0 Å². The summed E-state index contributed by atoms with van der Waals surface area (Å²) < 4.78 is 5.94. The maximum absolute atomic E-state index is 5.94. The average Bonchev–Trinajstić information content (AvgIpc) is 2.88. The summed E-state index contributed by atoms with van der Waals surface area (Å²) in [6.07, 6.45) is 11.1. The van der Waals surface area contributed by atoms with Crippen molar-refractivity contribution in [1.82, 2.24) is 9.88 Å². The normalized spacial score (nSPS) is 28.9. The molecule has 0 saturated carbocycles. The van der Waals surface area contributed by atoms with Crippen LogP contribution in [-0.4, -0.2) is 41.7 Å². The van der Waals surface area contributed by atoms with Crippen LogP contribution in [0, 0.1) is 5.92 Å². The van der Waals surface area contributed by atoms with Crippen LogP contribution in [0.3, 0.4) is 0 Å². The van der Waals surface area contributed by atoms with E-state index in [0.717, 1.165) is 12.5 Å². The minimum Gasteiger partial charge on any atom is -0.374 e. The molecule has 0 amide bonds. The average molecular weight is 274 g/mol. The molecule has 2 saturated heterocycles. The Morgan fingerprint density at radius 1 is 1.25 bits per heavy atom. The standard InChI is InChI=1S/C17H26N2O/c1-14-4-5-17(20-14)13-19-9-6-15(7-10-19)11-16-3-2-8-18-12-16/h2-3,8,12,14-15,17H,4-7,9-11,13H2,1H3/t14-,17-/m0/s1. The Bertz CT molecular complexity index is 401. The molecular weight excluding hydrogens is 248 g/mol. The van der Waals surface area contributed by atoms with E-state index < -0.39 is 0 Å². The van der Waals surface area contributed by atoms with Gasteiger partial charge in [0.15, 0.2) is 0 Å². The molecule has 0 spiro atoms. The molecule has 2 atom stereocenters. The maximum atomic E-state index is 5.94. The Labute approximate surface area is 122 Å². The van der Waals surface area contributed by atoms with Crippen LogP contribution in [0.25, 0.3) is 0 Å². The number of piperidine rings is 1. The second kappa shape index (κ2) is 6.68. The number of likely N-dealkylation sites (tertiary alicyclic amines) is 1. The Kier molecular flexibility index (Phi) is 4.69. The molecule has 20 heavy (non-hydrogen) atoms. The van der Waals surface area contributed by atoms with E-state index >= 15 is 0 Å². The first-order valence-corrected chi connectivity index (χ1v) is 8.06. The van der Waals surface area contributed by atoms with Crippen molar-refractivity contribution >= 4 is 0 Å². The monoisotopic (exact) mass is 274 g/mol. The van der Waals surface area contributed by atoms with Gasteiger partial charge in [-0.2, -0.15) is 0 Å². The molecule has 3 heterocycles. The second-order valence-electron chi connectivity index (χ2n) is 6.46. The fraction of sp³-hybridized carbons (Fsp3) is 0.706. The van der Waals surface area contributed by atoms with Crippen LogP contribution in [0.1, 0.15) is 38.2 Å². The van der Waals surface area contributed by atoms with Gasteiger partial charge in [0.05, 0.1) is 12.2 Å². The molecule has 2 aliphatic heterocycles. The van der Waals surface area contributed by atoms with E-state index in [0.29, 0.717) is 12.2 Å². The summed E-state index contributed by atoms with van der Waals surface area (Å²) in [6, 6.07) is 4.25. The summed E-state index contributed by atoms with van der Waals surface area (Å²) in [7, 11) is 0. The quantitative estimate of drug-likeness (QED) is 0.844.